The number of quaternary nitrogens is 1. The van der Waals surface area contributed by atoms with E-state index in [9.17, 15) is 4.39 Å². The van der Waals surface area contributed by atoms with Gasteiger partial charge in [-0.15, -0.1) is 11.3 Å². The van der Waals surface area contributed by atoms with Crippen LogP contribution in [0.3, 0.4) is 0 Å². The number of rotatable bonds is 5. The normalized spacial score (nSPS) is 19.3. The number of anilines is 1. The van der Waals surface area contributed by atoms with Crippen LogP contribution in [0.5, 0.6) is 0 Å². The lowest BCUT2D eigenvalue weighted by Crippen LogP contribution is -3.12. The molecule has 2 aliphatic rings. The van der Waals surface area contributed by atoms with Crippen molar-refractivity contribution in [1.82, 2.24) is 9.97 Å². The second kappa shape index (κ2) is 9.21. The zero-order valence-corrected chi connectivity index (χ0v) is 20.2. The number of aromatic nitrogens is 2. The number of thiophene rings is 1. The van der Waals surface area contributed by atoms with Gasteiger partial charge in [0.25, 0.3) is 0 Å². The minimum atomic E-state index is -0.284. The second-order valence-corrected chi connectivity index (χ2v) is 10.6. The maximum Gasteiger partial charge on any atom is 0.187 e. The smallest absolute Gasteiger partial charge is 0.187 e. The van der Waals surface area contributed by atoms with Gasteiger partial charge in [-0.1, -0.05) is 24.6 Å². The van der Waals surface area contributed by atoms with Gasteiger partial charge >= 0.3 is 0 Å². The van der Waals surface area contributed by atoms with Crippen molar-refractivity contribution in [3.8, 4) is 0 Å². The molecule has 1 saturated heterocycles. The van der Waals surface area contributed by atoms with Crippen molar-refractivity contribution in [2.45, 2.75) is 39.3 Å². The molecule has 2 aromatic heterocycles. The Labute approximate surface area is 197 Å². The van der Waals surface area contributed by atoms with E-state index in [-0.39, 0.29) is 5.82 Å². The van der Waals surface area contributed by atoms with Gasteiger partial charge in [-0.2, -0.15) is 0 Å². The van der Waals surface area contributed by atoms with Gasteiger partial charge < -0.3 is 14.5 Å². The third-order valence-electron chi connectivity index (χ3n) is 6.61. The van der Waals surface area contributed by atoms with E-state index in [4.69, 9.17) is 26.3 Å². The average Bonchev–Trinajstić information content (AvgIpc) is 3.13. The Morgan fingerprint density at radius 1 is 1.28 bits per heavy atom. The number of fused-ring (bicyclic) bond motifs is 3. The number of halogens is 2. The van der Waals surface area contributed by atoms with Gasteiger partial charge in [-0.05, 0) is 42.9 Å². The van der Waals surface area contributed by atoms with Crippen LogP contribution in [0.4, 0.5) is 10.2 Å². The summed E-state index contributed by atoms with van der Waals surface area (Å²) >= 11 is 8.15. The monoisotopic (exact) mass is 475 g/mol. The predicted octanol–water partition coefficient (Wildman–Crippen LogP) is 3.66. The van der Waals surface area contributed by atoms with Crippen molar-refractivity contribution in [3.05, 3.63) is 50.9 Å². The largest absolute Gasteiger partial charge is 0.370 e. The van der Waals surface area contributed by atoms with Crippen LogP contribution in [0.15, 0.2) is 18.2 Å². The van der Waals surface area contributed by atoms with Crippen LogP contribution >= 0.6 is 22.9 Å². The molecule has 0 bridgehead atoms. The third kappa shape index (κ3) is 4.36. The van der Waals surface area contributed by atoms with E-state index in [0.29, 0.717) is 23.0 Å². The molecule has 0 radical (unpaired) electrons. The molecule has 1 fully saturated rings. The molecular formula is C24H29ClFN4OS+. The Bertz CT molecular complexity index is 1110. The van der Waals surface area contributed by atoms with Crippen molar-refractivity contribution >= 4 is 39.0 Å². The molecule has 32 heavy (non-hydrogen) atoms. The molecule has 170 valence electrons. The van der Waals surface area contributed by atoms with E-state index < -0.39 is 0 Å². The summed E-state index contributed by atoms with van der Waals surface area (Å²) in [6, 6.07) is 4.85. The lowest BCUT2D eigenvalue weighted by Gasteiger charge is -2.25. The lowest BCUT2D eigenvalue weighted by molar-refractivity contribution is -0.922. The number of nitrogens with one attached hydrogen (secondary N) is 1. The molecule has 1 atom stereocenters. The van der Waals surface area contributed by atoms with Crippen LogP contribution in [0.2, 0.25) is 5.02 Å². The molecule has 5 rings (SSSR count). The number of nitrogens with zero attached hydrogens (tertiary/aromatic N) is 3. The van der Waals surface area contributed by atoms with Crippen molar-refractivity contribution in [2.24, 2.45) is 5.92 Å². The number of morpholine rings is 1. The summed E-state index contributed by atoms with van der Waals surface area (Å²) in [5.74, 6) is 2.15. The quantitative estimate of drug-likeness (QED) is 0.611. The topological polar surface area (TPSA) is 42.7 Å². The highest BCUT2D eigenvalue weighted by atomic mass is 35.5. The summed E-state index contributed by atoms with van der Waals surface area (Å²) in [6.07, 6.45) is 3.33. The number of hydrogen-bond donors (Lipinski definition) is 1. The zero-order valence-electron chi connectivity index (χ0n) is 18.6. The summed E-state index contributed by atoms with van der Waals surface area (Å²) in [6.45, 7) is 6.95. The standard InChI is InChI=1S/C24H28ClFN4OS/c1-15-6-7-16-20(12-15)32-24-22(16)23(27-21(28-24)14-30-8-10-31-11-9-30)29(2)13-17-18(25)4-3-5-19(17)26/h3-5,15H,6-14H2,1-2H3/p+1/t15-/m0/s1. The molecular weight excluding hydrogens is 447 g/mol. The first-order valence-corrected chi connectivity index (χ1v) is 12.6. The summed E-state index contributed by atoms with van der Waals surface area (Å²) in [4.78, 5) is 16.0. The molecule has 3 aromatic rings. The van der Waals surface area contributed by atoms with Gasteiger partial charge in [-0.25, -0.2) is 14.4 Å². The molecule has 1 aromatic carbocycles. The van der Waals surface area contributed by atoms with Gasteiger partial charge in [-0.3, -0.25) is 0 Å². The van der Waals surface area contributed by atoms with Crippen LogP contribution in [-0.2, 0) is 30.7 Å². The molecule has 0 spiro atoms. The number of aryl methyl sites for hydroxylation is 1. The number of hydrogen-bond acceptors (Lipinski definition) is 5. The first-order valence-electron chi connectivity index (χ1n) is 11.4. The number of ether oxygens (including phenoxy) is 1. The van der Waals surface area contributed by atoms with Gasteiger partial charge in [0.05, 0.1) is 18.6 Å². The minimum Gasteiger partial charge on any atom is -0.370 e. The highest BCUT2D eigenvalue weighted by Crippen LogP contribution is 2.41. The molecule has 8 heteroatoms. The molecule has 3 heterocycles. The Morgan fingerprint density at radius 3 is 2.88 bits per heavy atom. The van der Waals surface area contributed by atoms with Crippen molar-refractivity contribution in [1.29, 1.82) is 0 Å². The highest BCUT2D eigenvalue weighted by Gasteiger charge is 2.27. The maximum absolute atomic E-state index is 14.5. The summed E-state index contributed by atoms with van der Waals surface area (Å²) in [7, 11) is 1.98. The SMILES string of the molecule is C[C@H]1CCc2c(sc3nc(C[NH+]4CCOCC4)nc(N(C)Cc4c(F)cccc4Cl)c23)C1. The van der Waals surface area contributed by atoms with Gasteiger partial charge in [0.1, 0.15) is 36.1 Å². The Kier molecular flexibility index (Phi) is 6.34. The van der Waals surface area contributed by atoms with Gasteiger partial charge in [0.15, 0.2) is 5.82 Å². The van der Waals surface area contributed by atoms with Crippen LogP contribution in [0.25, 0.3) is 10.2 Å². The van der Waals surface area contributed by atoms with Crippen LogP contribution in [0, 0.1) is 11.7 Å². The fourth-order valence-corrected chi connectivity index (χ4v) is 6.40. The molecule has 1 aliphatic carbocycles. The summed E-state index contributed by atoms with van der Waals surface area (Å²) in [5.41, 5.74) is 1.89. The minimum absolute atomic E-state index is 0.284. The van der Waals surface area contributed by atoms with E-state index in [1.165, 1.54) is 27.8 Å². The van der Waals surface area contributed by atoms with E-state index in [1.807, 2.05) is 23.3 Å². The first kappa shape index (κ1) is 22.0. The van der Waals surface area contributed by atoms with E-state index in [0.717, 1.165) is 67.5 Å². The Hall–Kier alpha value is -1.80. The number of benzene rings is 1. The zero-order chi connectivity index (χ0) is 22.2. The van der Waals surface area contributed by atoms with Crippen LogP contribution in [-0.4, -0.2) is 43.3 Å². The van der Waals surface area contributed by atoms with E-state index in [1.54, 1.807) is 12.1 Å². The molecule has 0 saturated carbocycles. The molecule has 1 N–H and O–H groups in total. The van der Waals surface area contributed by atoms with Crippen molar-refractivity contribution in [2.75, 3.05) is 38.3 Å². The highest BCUT2D eigenvalue weighted by molar-refractivity contribution is 7.19. The molecule has 5 nitrogen and oxygen atoms in total. The average molecular weight is 476 g/mol. The second-order valence-electron chi connectivity index (χ2n) is 9.09. The Morgan fingerprint density at radius 2 is 2.09 bits per heavy atom. The Balaban J connectivity index is 1.56. The van der Waals surface area contributed by atoms with Crippen LogP contribution in [0.1, 0.15) is 35.2 Å². The van der Waals surface area contributed by atoms with E-state index >= 15 is 0 Å². The van der Waals surface area contributed by atoms with Gasteiger partial charge in [0.2, 0.25) is 0 Å². The first-order chi connectivity index (χ1) is 15.5. The van der Waals surface area contributed by atoms with Crippen LogP contribution < -0.4 is 9.80 Å². The molecule has 0 unspecified atom stereocenters. The molecule has 1 aliphatic heterocycles. The van der Waals surface area contributed by atoms with Crippen molar-refractivity contribution in [3.63, 3.8) is 0 Å². The third-order valence-corrected chi connectivity index (χ3v) is 8.11. The summed E-state index contributed by atoms with van der Waals surface area (Å²) in [5, 5.41) is 1.59. The predicted molar refractivity (Wildman–Crippen MR) is 127 cm³/mol. The van der Waals surface area contributed by atoms with Crippen molar-refractivity contribution < 1.29 is 14.0 Å². The fraction of sp³-hybridized carbons (Fsp3) is 0.500. The van der Waals surface area contributed by atoms with Gasteiger partial charge in [0, 0.05) is 29.1 Å². The maximum atomic E-state index is 14.5. The fourth-order valence-electron chi connectivity index (χ4n) is 4.78. The molecule has 0 amide bonds. The van der Waals surface area contributed by atoms with E-state index in [2.05, 4.69) is 6.92 Å². The lowest BCUT2D eigenvalue weighted by atomic mass is 9.89. The summed E-state index contributed by atoms with van der Waals surface area (Å²) < 4.78 is 20.0.